The third kappa shape index (κ3) is 1.58. The average molecular weight is 253 g/mol. The van der Waals surface area contributed by atoms with Gasteiger partial charge in [-0.05, 0) is 24.3 Å². The molecule has 0 fully saturated rings. The van der Waals surface area contributed by atoms with E-state index >= 15 is 0 Å². The minimum atomic E-state index is 0.800. The molecular formula is C18H12BN. The first-order chi connectivity index (χ1) is 9.84. The zero-order valence-corrected chi connectivity index (χ0v) is 11.0. The van der Waals surface area contributed by atoms with Crippen LogP contribution in [0.15, 0.2) is 72.8 Å². The fourth-order valence-electron chi connectivity index (χ4n) is 2.85. The Balaban J connectivity index is 2.22. The van der Waals surface area contributed by atoms with Gasteiger partial charge < -0.3 is 4.57 Å². The second-order valence-electron chi connectivity index (χ2n) is 4.96. The van der Waals surface area contributed by atoms with Crippen molar-refractivity contribution < 1.29 is 0 Å². The Morgan fingerprint density at radius 3 is 2.20 bits per heavy atom. The number of nitrogens with zero attached hydrogens (tertiary/aromatic N) is 1. The standard InChI is InChI=1S/C18H12BN/c19-13-10-11-18-16(12-13)15-8-4-5-9-17(15)20(18)14-6-2-1-3-7-14/h1-12H. The van der Waals surface area contributed by atoms with Crippen LogP contribution in [0, 0.1) is 0 Å². The Labute approximate surface area is 118 Å². The Morgan fingerprint density at radius 1 is 0.650 bits per heavy atom. The van der Waals surface area contributed by atoms with E-state index in [0.29, 0.717) is 0 Å². The number of aromatic nitrogens is 1. The average Bonchev–Trinajstić information content (AvgIpc) is 2.82. The monoisotopic (exact) mass is 253 g/mol. The van der Waals surface area contributed by atoms with E-state index in [1.807, 2.05) is 12.1 Å². The van der Waals surface area contributed by atoms with Gasteiger partial charge in [-0.3, -0.25) is 0 Å². The SMILES string of the molecule is [B]c1ccc2c(c1)c1ccccc1n2-c1ccccc1. The van der Waals surface area contributed by atoms with Gasteiger partial charge in [0.25, 0.3) is 0 Å². The highest BCUT2D eigenvalue weighted by molar-refractivity contribution is 6.33. The van der Waals surface area contributed by atoms with Gasteiger partial charge in [-0.15, -0.1) is 0 Å². The largest absolute Gasteiger partial charge is 0.309 e. The molecule has 0 aliphatic heterocycles. The van der Waals surface area contributed by atoms with E-state index < -0.39 is 0 Å². The summed E-state index contributed by atoms with van der Waals surface area (Å²) < 4.78 is 2.28. The number of hydrogen-bond acceptors (Lipinski definition) is 0. The van der Waals surface area contributed by atoms with E-state index in [1.54, 1.807) is 0 Å². The molecule has 0 unspecified atom stereocenters. The second-order valence-corrected chi connectivity index (χ2v) is 4.96. The predicted octanol–water partition coefficient (Wildman–Crippen LogP) is 3.58. The highest BCUT2D eigenvalue weighted by atomic mass is 15.0. The molecule has 0 saturated heterocycles. The van der Waals surface area contributed by atoms with Crippen LogP contribution in [0.3, 0.4) is 0 Å². The molecule has 92 valence electrons. The number of para-hydroxylation sites is 2. The lowest BCUT2D eigenvalue weighted by Crippen LogP contribution is -2.00. The van der Waals surface area contributed by atoms with Gasteiger partial charge in [0.1, 0.15) is 7.85 Å². The summed E-state index contributed by atoms with van der Waals surface area (Å²) in [6.07, 6.45) is 0. The fraction of sp³-hybridized carbons (Fsp3) is 0. The summed E-state index contributed by atoms with van der Waals surface area (Å²) in [5.74, 6) is 0. The topological polar surface area (TPSA) is 4.93 Å². The molecule has 0 aliphatic carbocycles. The van der Waals surface area contributed by atoms with E-state index in [2.05, 4.69) is 65.2 Å². The van der Waals surface area contributed by atoms with Crippen LogP contribution in [-0.2, 0) is 0 Å². The quantitative estimate of drug-likeness (QED) is 0.457. The molecule has 0 saturated carbocycles. The van der Waals surface area contributed by atoms with E-state index in [0.717, 1.165) is 5.46 Å². The Kier molecular flexibility index (Phi) is 2.43. The maximum Gasteiger partial charge on any atom is 0.113 e. The Morgan fingerprint density at radius 2 is 1.35 bits per heavy atom. The molecule has 0 atom stereocenters. The van der Waals surface area contributed by atoms with E-state index in [9.17, 15) is 0 Å². The molecule has 2 heteroatoms. The zero-order chi connectivity index (χ0) is 13.5. The van der Waals surface area contributed by atoms with E-state index in [4.69, 9.17) is 7.85 Å². The lowest BCUT2D eigenvalue weighted by molar-refractivity contribution is 1.18. The van der Waals surface area contributed by atoms with Gasteiger partial charge >= 0.3 is 0 Å². The van der Waals surface area contributed by atoms with E-state index in [-0.39, 0.29) is 0 Å². The van der Waals surface area contributed by atoms with Crippen LogP contribution in [0.25, 0.3) is 27.5 Å². The van der Waals surface area contributed by atoms with Crippen molar-refractivity contribution in [3.05, 3.63) is 72.8 Å². The van der Waals surface area contributed by atoms with Crippen LogP contribution < -0.4 is 5.46 Å². The molecule has 3 aromatic carbocycles. The molecule has 1 heterocycles. The van der Waals surface area contributed by atoms with Crippen LogP contribution in [0.2, 0.25) is 0 Å². The van der Waals surface area contributed by atoms with Crippen LogP contribution in [0.1, 0.15) is 0 Å². The molecule has 1 aromatic heterocycles. The summed E-state index contributed by atoms with van der Waals surface area (Å²) in [5.41, 5.74) is 4.36. The van der Waals surface area contributed by atoms with Crippen molar-refractivity contribution in [1.82, 2.24) is 4.57 Å². The molecule has 1 nitrogen and oxygen atoms in total. The zero-order valence-electron chi connectivity index (χ0n) is 11.0. The molecule has 0 N–H and O–H groups in total. The second kappa shape index (κ2) is 4.27. The van der Waals surface area contributed by atoms with Gasteiger partial charge in [-0.25, -0.2) is 0 Å². The summed E-state index contributed by atoms with van der Waals surface area (Å²) in [4.78, 5) is 0. The highest BCUT2D eigenvalue weighted by Gasteiger charge is 2.10. The molecule has 0 bridgehead atoms. The molecule has 20 heavy (non-hydrogen) atoms. The van der Waals surface area contributed by atoms with Crippen LogP contribution in [-0.4, -0.2) is 12.4 Å². The van der Waals surface area contributed by atoms with Gasteiger partial charge in [0, 0.05) is 16.5 Å². The summed E-state index contributed by atoms with van der Waals surface area (Å²) >= 11 is 0. The lowest BCUT2D eigenvalue weighted by atomic mass is 9.94. The third-order valence-electron chi connectivity index (χ3n) is 3.71. The maximum absolute atomic E-state index is 5.95. The van der Waals surface area contributed by atoms with Crippen molar-refractivity contribution in [2.45, 2.75) is 0 Å². The molecule has 4 aromatic rings. The molecule has 4 rings (SSSR count). The van der Waals surface area contributed by atoms with Gasteiger partial charge in [-0.1, -0.05) is 54.0 Å². The smallest absolute Gasteiger partial charge is 0.113 e. The first-order valence-electron chi connectivity index (χ1n) is 6.69. The van der Waals surface area contributed by atoms with Crippen LogP contribution in [0.4, 0.5) is 0 Å². The summed E-state index contributed by atoms with van der Waals surface area (Å²) in [5, 5.41) is 2.43. The summed E-state index contributed by atoms with van der Waals surface area (Å²) in [7, 11) is 5.95. The van der Waals surface area contributed by atoms with Crippen molar-refractivity contribution in [1.29, 1.82) is 0 Å². The van der Waals surface area contributed by atoms with Crippen LogP contribution in [0.5, 0.6) is 0 Å². The molecule has 0 aliphatic rings. The normalized spacial score (nSPS) is 11.2. The van der Waals surface area contributed by atoms with Crippen molar-refractivity contribution in [2.75, 3.05) is 0 Å². The van der Waals surface area contributed by atoms with Gasteiger partial charge in [0.15, 0.2) is 0 Å². The van der Waals surface area contributed by atoms with Crippen molar-refractivity contribution in [3.63, 3.8) is 0 Å². The number of rotatable bonds is 1. The number of hydrogen-bond donors (Lipinski definition) is 0. The molecule has 0 spiro atoms. The Hall–Kier alpha value is -2.48. The maximum atomic E-state index is 5.95. The molecule has 0 amide bonds. The summed E-state index contributed by atoms with van der Waals surface area (Å²) in [6.45, 7) is 0. The van der Waals surface area contributed by atoms with Crippen molar-refractivity contribution in [3.8, 4) is 5.69 Å². The predicted molar refractivity (Wildman–Crippen MR) is 86.2 cm³/mol. The Bertz CT molecular complexity index is 907. The fourth-order valence-corrected chi connectivity index (χ4v) is 2.85. The number of fused-ring (bicyclic) bond motifs is 3. The number of benzene rings is 3. The molecular weight excluding hydrogens is 241 g/mol. The minimum Gasteiger partial charge on any atom is -0.309 e. The van der Waals surface area contributed by atoms with Crippen molar-refractivity contribution >= 4 is 35.1 Å². The van der Waals surface area contributed by atoms with Crippen LogP contribution >= 0.6 is 0 Å². The van der Waals surface area contributed by atoms with Gasteiger partial charge in [-0.2, -0.15) is 0 Å². The van der Waals surface area contributed by atoms with Crippen molar-refractivity contribution in [2.24, 2.45) is 0 Å². The van der Waals surface area contributed by atoms with Gasteiger partial charge in [0.05, 0.1) is 11.0 Å². The first kappa shape index (κ1) is 11.4. The lowest BCUT2D eigenvalue weighted by Gasteiger charge is -2.07. The highest BCUT2D eigenvalue weighted by Crippen LogP contribution is 2.30. The minimum absolute atomic E-state index is 0.800. The van der Waals surface area contributed by atoms with Gasteiger partial charge in [0.2, 0.25) is 0 Å². The first-order valence-corrected chi connectivity index (χ1v) is 6.69. The summed E-state index contributed by atoms with van der Waals surface area (Å²) in [6, 6.07) is 25.0. The molecule has 2 radical (unpaired) electrons. The van der Waals surface area contributed by atoms with E-state index in [1.165, 1.54) is 27.5 Å². The third-order valence-corrected chi connectivity index (χ3v) is 3.71.